The van der Waals surface area contributed by atoms with E-state index in [9.17, 15) is 0 Å². The molecule has 1 aromatic rings. The first-order valence-electron chi connectivity index (χ1n) is 5.88. The molecule has 0 aliphatic carbocycles. The van der Waals surface area contributed by atoms with Gasteiger partial charge in [0.25, 0.3) is 0 Å². The molecule has 1 aromatic heterocycles. The Morgan fingerprint density at radius 2 is 2.12 bits per heavy atom. The average Bonchev–Trinajstić information content (AvgIpc) is 2.43. The van der Waals surface area contributed by atoms with Crippen molar-refractivity contribution in [3.63, 3.8) is 0 Å². The van der Waals surface area contributed by atoms with E-state index in [1.165, 1.54) is 6.42 Å². The van der Waals surface area contributed by atoms with Crippen molar-refractivity contribution in [3.05, 3.63) is 11.3 Å². The number of aryl methyl sites for hydroxylation is 2. The molecule has 1 heterocycles. The van der Waals surface area contributed by atoms with E-state index in [2.05, 4.69) is 18.9 Å². The van der Waals surface area contributed by atoms with E-state index >= 15 is 0 Å². The molecule has 0 bridgehead atoms. The van der Waals surface area contributed by atoms with Gasteiger partial charge in [-0.25, -0.2) is 0 Å². The molecule has 0 fully saturated rings. The van der Waals surface area contributed by atoms with E-state index in [4.69, 9.17) is 10.5 Å². The molecule has 0 spiro atoms. The lowest BCUT2D eigenvalue weighted by Gasteiger charge is -2.06. The first kappa shape index (κ1) is 13.0. The highest BCUT2D eigenvalue weighted by molar-refractivity contribution is 5.42. The van der Waals surface area contributed by atoms with Gasteiger partial charge in [-0.2, -0.15) is 5.10 Å². The third kappa shape index (κ3) is 3.52. The second-order valence-corrected chi connectivity index (χ2v) is 4.66. The Bertz CT molecular complexity index is 331. The van der Waals surface area contributed by atoms with E-state index in [1.807, 2.05) is 14.0 Å². The second-order valence-electron chi connectivity index (χ2n) is 4.66. The third-order valence-electron chi connectivity index (χ3n) is 2.71. The van der Waals surface area contributed by atoms with Gasteiger partial charge in [0.1, 0.15) is 5.82 Å². The summed E-state index contributed by atoms with van der Waals surface area (Å²) in [4.78, 5) is 0. The maximum absolute atomic E-state index is 5.89. The average molecular weight is 225 g/mol. The van der Waals surface area contributed by atoms with E-state index in [1.54, 1.807) is 4.68 Å². The predicted octanol–water partition coefficient (Wildman–Crippen LogP) is 2.26. The molecule has 0 aromatic carbocycles. The maximum atomic E-state index is 5.89. The van der Waals surface area contributed by atoms with Crippen molar-refractivity contribution < 1.29 is 4.74 Å². The second kappa shape index (κ2) is 5.89. The van der Waals surface area contributed by atoms with Crippen LogP contribution in [0.2, 0.25) is 0 Å². The predicted molar refractivity (Wildman–Crippen MR) is 66.1 cm³/mol. The van der Waals surface area contributed by atoms with Crippen LogP contribution >= 0.6 is 0 Å². The molecule has 0 atom stereocenters. The van der Waals surface area contributed by atoms with Gasteiger partial charge in [-0.15, -0.1) is 0 Å². The van der Waals surface area contributed by atoms with Crippen LogP contribution in [0.1, 0.15) is 37.9 Å². The molecular weight excluding hydrogens is 202 g/mol. The van der Waals surface area contributed by atoms with Gasteiger partial charge in [0.05, 0.1) is 12.3 Å². The van der Waals surface area contributed by atoms with Gasteiger partial charge in [0, 0.05) is 19.2 Å². The topological polar surface area (TPSA) is 53.1 Å². The first-order chi connectivity index (χ1) is 7.52. The number of anilines is 1. The summed E-state index contributed by atoms with van der Waals surface area (Å²) < 4.78 is 7.31. The molecule has 0 saturated heterocycles. The number of aromatic nitrogens is 2. The van der Waals surface area contributed by atoms with Gasteiger partial charge >= 0.3 is 0 Å². The lowest BCUT2D eigenvalue weighted by Crippen LogP contribution is -2.02. The van der Waals surface area contributed by atoms with Crippen LogP contribution in [0.3, 0.4) is 0 Å². The minimum atomic E-state index is 0.573. The fourth-order valence-corrected chi connectivity index (χ4v) is 1.67. The van der Waals surface area contributed by atoms with Crippen LogP contribution in [0.4, 0.5) is 5.82 Å². The fourth-order valence-electron chi connectivity index (χ4n) is 1.67. The standard InChI is InChI=1S/C12H23N3O/c1-9(2)6-5-7-16-8-11-10(3)14-15(4)12(11)13/h9H,5-8,13H2,1-4H3. The van der Waals surface area contributed by atoms with Gasteiger partial charge in [0.2, 0.25) is 0 Å². The van der Waals surface area contributed by atoms with Gasteiger partial charge in [-0.05, 0) is 25.7 Å². The zero-order chi connectivity index (χ0) is 12.1. The smallest absolute Gasteiger partial charge is 0.127 e. The van der Waals surface area contributed by atoms with E-state index in [-0.39, 0.29) is 0 Å². The van der Waals surface area contributed by atoms with Gasteiger partial charge in [-0.1, -0.05) is 13.8 Å². The summed E-state index contributed by atoms with van der Waals surface area (Å²) in [6, 6.07) is 0. The number of nitrogens with zero attached hydrogens (tertiary/aromatic N) is 2. The number of hydrogen-bond donors (Lipinski definition) is 1. The van der Waals surface area contributed by atoms with Gasteiger partial charge in [0.15, 0.2) is 0 Å². The van der Waals surface area contributed by atoms with E-state index in [0.717, 1.165) is 30.2 Å². The molecule has 0 amide bonds. The Kier molecular flexibility index (Phi) is 4.80. The molecule has 16 heavy (non-hydrogen) atoms. The summed E-state index contributed by atoms with van der Waals surface area (Å²) in [5.74, 6) is 1.45. The lowest BCUT2D eigenvalue weighted by atomic mass is 10.1. The number of nitrogen functional groups attached to an aromatic ring is 1. The van der Waals surface area contributed by atoms with Crippen LogP contribution in [0, 0.1) is 12.8 Å². The zero-order valence-electron chi connectivity index (χ0n) is 10.8. The Morgan fingerprint density at radius 3 is 2.62 bits per heavy atom. The van der Waals surface area contributed by atoms with Crippen LogP contribution < -0.4 is 5.73 Å². The highest BCUT2D eigenvalue weighted by Crippen LogP contribution is 2.16. The minimum absolute atomic E-state index is 0.573. The quantitative estimate of drug-likeness (QED) is 0.756. The summed E-state index contributed by atoms with van der Waals surface area (Å²) in [5.41, 5.74) is 7.87. The Morgan fingerprint density at radius 1 is 1.44 bits per heavy atom. The fraction of sp³-hybridized carbons (Fsp3) is 0.750. The Balaban J connectivity index is 2.32. The molecule has 1 rings (SSSR count). The van der Waals surface area contributed by atoms with Crippen LogP contribution in [-0.2, 0) is 18.4 Å². The largest absolute Gasteiger partial charge is 0.384 e. The Labute approximate surface area is 97.8 Å². The van der Waals surface area contributed by atoms with Crippen molar-refractivity contribution in [3.8, 4) is 0 Å². The van der Waals surface area contributed by atoms with Gasteiger partial charge < -0.3 is 10.5 Å². The summed E-state index contributed by atoms with van der Waals surface area (Å²) >= 11 is 0. The molecule has 2 N–H and O–H groups in total. The number of ether oxygens (including phenoxy) is 1. The first-order valence-corrected chi connectivity index (χ1v) is 5.88. The SMILES string of the molecule is Cc1nn(C)c(N)c1COCCCC(C)C. The van der Waals surface area contributed by atoms with Crippen LogP contribution in [-0.4, -0.2) is 16.4 Å². The highest BCUT2D eigenvalue weighted by atomic mass is 16.5. The number of rotatable bonds is 6. The summed E-state index contributed by atoms with van der Waals surface area (Å²) in [6.45, 7) is 7.78. The highest BCUT2D eigenvalue weighted by Gasteiger charge is 2.09. The molecule has 0 aliphatic rings. The number of nitrogens with two attached hydrogens (primary N) is 1. The van der Waals surface area contributed by atoms with Crippen LogP contribution in [0.25, 0.3) is 0 Å². The van der Waals surface area contributed by atoms with E-state index < -0.39 is 0 Å². The lowest BCUT2D eigenvalue weighted by molar-refractivity contribution is 0.115. The van der Waals surface area contributed by atoms with Crippen molar-refractivity contribution >= 4 is 5.82 Å². The van der Waals surface area contributed by atoms with Crippen molar-refractivity contribution in [1.29, 1.82) is 0 Å². The van der Waals surface area contributed by atoms with Gasteiger partial charge in [-0.3, -0.25) is 4.68 Å². The Hall–Kier alpha value is -1.03. The van der Waals surface area contributed by atoms with Crippen molar-refractivity contribution in [2.45, 2.75) is 40.2 Å². The van der Waals surface area contributed by atoms with E-state index in [0.29, 0.717) is 12.4 Å². The molecule has 4 heteroatoms. The molecule has 0 unspecified atom stereocenters. The molecule has 92 valence electrons. The zero-order valence-corrected chi connectivity index (χ0v) is 10.8. The van der Waals surface area contributed by atoms with Crippen LogP contribution in [0.15, 0.2) is 0 Å². The minimum Gasteiger partial charge on any atom is -0.384 e. The van der Waals surface area contributed by atoms with Crippen molar-refractivity contribution in [2.24, 2.45) is 13.0 Å². The van der Waals surface area contributed by atoms with Crippen LogP contribution in [0.5, 0.6) is 0 Å². The molecule has 0 saturated carbocycles. The van der Waals surface area contributed by atoms with Crippen molar-refractivity contribution in [2.75, 3.05) is 12.3 Å². The monoisotopic (exact) mass is 225 g/mol. The molecule has 4 nitrogen and oxygen atoms in total. The maximum Gasteiger partial charge on any atom is 0.127 e. The molecular formula is C12H23N3O. The third-order valence-corrected chi connectivity index (χ3v) is 2.71. The summed E-state index contributed by atoms with van der Waals surface area (Å²) in [6.07, 6.45) is 2.32. The molecule has 0 aliphatic heterocycles. The normalized spacial score (nSPS) is 11.3. The summed E-state index contributed by atoms with van der Waals surface area (Å²) in [5, 5.41) is 4.25. The number of hydrogen-bond acceptors (Lipinski definition) is 3. The molecule has 0 radical (unpaired) electrons. The summed E-state index contributed by atoms with van der Waals surface area (Å²) in [7, 11) is 1.85. The van der Waals surface area contributed by atoms with Crippen molar-refractivity contribution in [1.82, 2.24) is 9.78 Å².